The minimum Gasteiger partial charge on any atom is -0.382 e. The molecule has 2 aromatic heterocycles. The Morgan fingerprint density at radius 2 is 1.97 bits per heavy atom. The molecule has 34 heavy (non-hydrogen) atoms. The van der Waals surface area contributed by atoms with Crippen LogP contribution in [-0.4, -0.2) is 44.1 Å². The largest absolute Gasteiger partial charge is 0.417 e. The number of hydrogen-bond donors (Lipinski definition) is 1. The Kier molecular flexibility index (Phi) is 8.92. The minimum absolute atomic E-state index is 0.00447. The molecule has 0 saturated heterocycles. The molecule has 0 saturated carbocycles. The van der Waals surface area contributed by atoms with Crippen molar-refractivity contribution in [1.82, 2.24) is 19.7 Å². The van der Waals surface area contributed by atoms with Gasteiger partial charge in [-0.2, -0.15) is 13.2 Å². The number of rotatable bonds is 10. The second-order valence-corrected chi connectivity index (χ2v) is 8.90. The molecule has 1 N–H and O–H groups in total. The number of carbonyl (C=O) groups is 1. The lowest BCUT2D eigenvalue weighted by atomic mass is 10.2. The van der Waals surface area contributed by atoms with Crippen LogP contribution >= 0.6 is 23.4 Å². The quantitative estimate of drug-likeness (QED) is 0.282. The summed E-state index contributed by atoms with van der Waals surface area (Å²) in [7, 11) is 0. The maximum absolute atomic E-state index is 13.1. The van der Waals surface area contributed by atoms with E-state index in [-0.39, 0.29) is 5.69 Å². The number of alkyl halides is 3. The lowest BCUT2D eigenvalue weighted by Crippen LogP contribution is -2.23. The molecule has 0 bridgehead atoms. The van der Waals surface area contributed by atoms with Gasteiger partial charge in [-0.3, -0.25) is 9.78 Å². The first-order valence-corrected chi connectivity index (χ1v) is 11.7. The monoisotopic (exact) mass is 513 g/mol. The third-order valence-electron chi connectivity index (χ3n) is 4.72. The highest BCUT2D eigenvalue weighted by atomic mass is 35.5. The number of carbonyl (C=O) groups excluding carboxylic acids is 1. The lowest BCUT2D eigenvalue weighted by molar-refractivity contribution is -0.137. The van der Waals surface area contributed by atoms with Crippen LogP contribution in [0.4, 0.5) is 18.9 Å². The van der Waals surface area contributed by atoms with Gasteiger partial charge in [0.05, 0.1) is 15.8 Å². The first-order valence-electron chi connectivity index (χ1n) is 10.5. The summed E-state index contributed by atoms with van der Waals surface area (Å²) in [6.07, 6.45) is -0.611. The zero-order valence-corrected chi connectivity index (χ0v) is 20.0. The normalized spacial score (nSPS) is 12.5. The van der Waals surface area contributed by atoms with Crippen molar-refractivity contribution in [2.75, 3.05) is 18.5 Å². The van der Waals surface area contributed by atoms with Gasteiger partial charge in [0.15, 0.2) is 11.0 Å². The average molecular weight is 514 g/mol. The van der Waals surface area contributed by atoms with E-state index in [1.807, 2.05) is 23.6 Å². The molecular weight excluding hydrogens is 491 g/mol. The van der Waals surface area contributed by atoms with Crippen LogP contribution in [0, 0.1) is 0 Å². The molecule has 0 aliphatic heterocycles. The summed E-state index contributed by atoms with van der Waals surface area (Å²) in [5, 5.41) is 10.5. The van der Waals surface area contributed by atoms with Crippen molar-refractivity contribution in [1.29, 1.82) is 0 Å². The molecule has 3 rings (SSSR count). The number of ether oxygens (including phenoxy) is 1. The summed E-state index contributed by atoms with van der Waals surface area (Å²) in [5.74, 6) is 0.149. The van der Waals surface area contributed by atoms with E-state index in [4.69, 9.17) is 16.3 Å². The van der Waals surface area contributed by atoms with Crippen molar-refractivity contribution in [2.45, 2.75) is 43.4 Å². The van der Waals surface area contributed by atoms with Crippen LogP contribution in [0.3, 0.4) is 0 Å². The van der Waals surface area contributed by atoms with Gasteiger partial charge < -0.3 is 14.6 Å². The Morgan fingerprint density at radius 3 is 2.65 bits per heavy atom. The van der Waals surface area contributed by atoms with Crippen LogP contribution in [0.1, 0.15) is 25.8 Å². The van der Waals surface area contributed by atoms with E-state index in [0.29, 0.717) is 37.2 Å². The number of hydrogen-bond acceptors (Lipinski definition) is 6. The fraction of sp³-hybridized carbons (Fsp3) is 0.364. The number of pyridine rings is 1. The number of nitrogens with zero attached hydrogens (tertiary/aromatic N) is 4. The van der Waals surface area contributed by atoms with Crippen LogP contribution in [-0.2, 0) is 22.3 Å². The summed E-state index contributed by atoms with van der Waals surface area (Å²) >= 11 is 6.81. The fourth-order valence-corrected chi connectivity index (χ4v) is 4.14. The second-order valence-electron chi connectivity index (χ2n) is 7.19. The average Bonchev–Trinajstić information content (AvgIpc) is 3.20. The maximum Gasteiger partial charge on any atom is 0.417 e. The topological polar surface area (TPSA) is 81.9 Å². The van der Waals surface area contributed by atoms with Gasteiger partial charge in [0.2, 0.25) is 5.91 Å². The molecule has 0 unspecified atom stereocenters. The summed E-state index contributed by atoms with van der Waals surface area (Å²) < 4.78 is 46.7. The molecule has 0 aliphatic carbocycles. The van der Waals surface area contributed by atoms with E-state index < -0.39 is 27.9 Å². The predicted molar refractivity (Wildman–Crippen MR) is 125 cm³/mol. The number of amides is 1. The first kappa shape index (κ1) is 26.0. The zero-order chi connectivity index (χ0) is 24.7. The van der Waals surface area contributed by atoms with Crippen LogP contribution in [0.15, 0.2) is 47.9 Å². The molecule has 0 radical (unpaired) electrons. The zero-order valence-electron chi connectivity index (χ0n) is 18.5. The Balaban J connectivity index is 1.76. The van der Waals surface area contributed by atoms with Crippen molar-refractivity contribution in [2.24, 2.45) is 0 Å². The molecule has 182 valence electrons. The number of thioether (sulfide) groups is 1. The SMILES string of the molecule is CCOCCCn1c(S[C@@H](C)C(=O)Nc2ccc(Cl)c(C(F)(F)F)c2)nnc1-c1ccncc1. The standard InChI is InChI=1S/C22H23ClF3N5O2S/c1-3-33-12-4-11-31-19(15-7-9-27-10-8-15)29-30-21(31)34-14(2)20(32)28-16-5-6-18(23)17(13-16)22(24,25)26/h5-10,13-14H,3-4,11-12H2,1-2H3,(H,28,32)/t14-/m0/s1. The Labute approximate surface area is 204 Å². The molecule has 1 aromatic carbocycles. The van der Waals surface area contributed by atoms with Crippen molar-refractivity contribution in [3.8, 4) is 11.4 Å². The van der Waals surface area contributed by atoms with Crippen LogP contribution in [0.5, 0.6) is 0 Å². The van der Waals surface area contributed by atoms with Gasteiger partial charge in [-0.25, -0.2) is 0 Å². The molecule has 0 aliphatic rings. The van der Waals surface area contributed by atoms with E-state index in [0.717, 1.165) is 29.5 Å². The number of halogens is 4. The first-order chi connectivity index (χ1) is 16.2. The van der Waals surface area contributed by atoms with Gasteiger partial charge in [-0.1, -0.05) is 23.4 Å². The highest BCUT2D eigenvalue weighted by molar-refractivity contribution is 8.00. The molecule has 1 amide bonds. The molecule has 3 aromatic rings. The molecule has 1 atom stereocenters. The minimum atomic E-state index is -4.63. The van der Waals surface area contributed by atoms with Crippen LogP contribution < -0.4 is 5.32 Å². The lowest BCUT2D eigenvalue weighted by Gasteiger charge is -2.15. The number of nitrogens with one attached hydrogen (secondary N) is 1. The van der Waals surface area contributed by atoms with E-state index in [1.165, 1.54) is 6.07 Å². The fourth-order valence-electron chi connectivity index (χ4n) is 3.04. The van der Waals surface area contributed by atoms with Gasteiger partial charge in [0.25, 0.3) is 0 Å². The van der Waals surface area contributed by atoms with Gasteiger partial charge in [0, 0.05) is 43.4 Å². The summed E-state index contributed by atoms with van der Waals surface area (Å²) in [6.45, 7) is 5.29. The maximum atomic E-state index is 13.1. The molecule has 2 heterocycles. The summed E-state index contributed by atoms with van der Waals surface area (Å²) in [5.41, 5.74) is -0.183. The molecule has 12 heteroatoms. The number of benzene rings is 1. The Hall–Kier alpha value is -2.63. The second kappa shape index (κ2) is 11.7. The summed E-state index contributed by atoms with van der Waals surface area (Å²) in [4.78, 5) is 16.7. The van der Waals surface area contributed by atoms with E-state index in [9.17, 15) is 18.0 Å². The number of aromatic nitrogens is 4. The van der Waals surface area contributed by atoms with E-state index in [1.54, 1.807) is 19.3 Å². The Bertz CT molecular complexity index is 1110. The van der Waals surface area contributed by atoms with Crippen molar-refractivity contribution in [3.63, 3.8) is 0 Å². The van der Waals surface area contributed by atoms with Gasteiger partial charge in [0.1, 0.15) is 0 Å². The van der Waals surface area contributed by atoms with Crippen molar-refractivity contribution >= 4 is 35.0 Å². The highest BCUT2D eigenvalue weighted by Crippen LogP contribution is 2.36. The van der Waals surface area contributed by atoms with Gasteiger partial charge in [-0.05, 0) is 50.6 Å². The van der Waals surface area contributed by atoms with Gasteiger partial charge in [-0.15, -0.1) is 10.2 Å². The van der Waals surface area contributed by atoms with Crippen LogP contribution in [0.25, 0.3) is 11.4 Å². The molecular formula is C22H23ClF3N5O2S. The molecule has 7 nitrogen and oxygen atoms in total. The van der Waals surface area contributed by atoms with Gasteiger partial charge >= 0.3 is 6.18 Å². The number of anilines is 1. The van der Waals surface area contributed by atoms with E-state index in [2.05, 4.69) is 20.5 Å². The highest BCUT2D eigenvalue weighted by Gasteiger charge is 2.33. The third-order valence-corrected chi connectivity index (χ3v) is 6.13. The van der Waals surface area contributed by atoms with Crippen molar-refractivity contribution < 1.29 is 22.7 Å². The summed E-state index contributed by atoms with van der Waals surface area (Å²) in [6, 6.07) is 6.87. The molecule has 0 spiro atoms. The Morgan fingerprint density at radius 1 is 1.24 bits per heavy atom. The predicted octanol–water partition coefficient (Wildman–Crippen LogP) is 5.56. The van der Waals surface area contributed by atoms with Crippen molar-refractivity contribution in [3.05, 3.63) is 53.3 Å². The smallest absolute Gasteiger partial charge is 0.382 e. The molecule has 0 fully saturated rings. The van der Waals surface area contributed by atoms with Crippen LogP contribution in [0.2, 0.25) is 5.02 Å². The van der Waals surface area contributed by atoms with E-state index >= 15 is 0 Å². The third kappa shape index (κ3) is 6.71.